The summed E-state index contributed by atoms with van der Waals surface area (Å²) in [6.45, 7) is 3.88. The van der Waals surface area contributed by atoms with Crippen LogP contribution in [0.1, 0.15) is 16.9 Å². The monoisotopic (exact) mass is 289 g/mol. The molecule has 2 aromatic heterocycles. The number of anilines is 1. The van der Waals surface area contributed by atoms with Gasteiger partial charge in [0.05, 0.1) is 5.69 Å². The van der Waals surface area contributed by atoms with Crippen molar-refractivity contribution in [3.8, 4) is 28.7 Å². The number of aromatic nitrogens is 1. The lowest BCUT2D eigenvalue weighted by molar-refractivity contribution is 0.548. The minimum Gasteiger partial charge on any atom is -0.461 e. The van der Waals surface area contributed by atoms with Gasteiger partial charge in [-0.3, -0.25) is 0 Å². The smallest absolute Gasteiger partial charge is 0.142 e. The molecule has 0 amide bonds. The van der Waals surface area contributed by atoms with Crippen molar-refractivity contribution in [2.45, 2.75) is 13.8 Å². The number of benzene rings is 1. The Morgan fingerprint density at radius 1 is 1.09 bits per heavy atom. The number of nitrogen functional groups attached to an aromatic ring is 1. The summed E-state index contributed by atoms with van der Waals surface area (Å²) < 4.78 is 5.65. The number of nitrogens with two attached hydrogens (primary N) is 1. The molecule has 4 heteroatoms. The van der Waals surface area contributed by atoms with Crippen molar-refractivity contribution in [2.24, 2.45) is 0 Å². The van der Waals surface area contributed by atoms with E-state index in [9.17, 15) is 5.26 Å². The second-order valence-electron chi connectivity index (χ2n) is 5.15. The van der Waals surface area contributed by atoms with E-state index in [-0.39, 0.29) is 5.82 Å². The second kappa shape index (κ2) is 5.38. The van der Waals surface area contributed by atoms with Crippen LogP contribution < -0.4 is 5.73 Å². The lowest BCUT2D eigenvalue weighted by atomic mass is 10.0. The summed E-state index contributed by atoms with van der Waals surface area (Å²) in [4.78, 5) is 4.38. The highest BCUT2D eigenvalue weighted by Crippen LogP contribution is 2.33. The molecule has 3 aromatic rings. The molecule has 0 spiro atoms. The Bertz CT molecular complexity index is 888. The van der Waals surface area contributed by atoms with Gasteiger partial charge in [-0.25, -0.2) is 4.98 Å². The first-order valence-electron chi connectivity index (χ1n) is 6.93. The van der Waals surface area contributed by atoms with Crippen LogP contribution in [0.3, 0.4) is 0 Å². The van der Waals surface area contributed by atoms with Gasteiger partial charge >= 0.3 is 0 Å². The van der Waals surface area contributed by atoms with Gasteiger partial charge in [-0.2, -0.15) is 5.26 Å². The average Bonchev–Trinajstić information content (AvgIpc) is 2.93. The first kappa shape index (κ1) is 13.9. The third-order valence-corrected chi connectivity index (χ3v) is 3.59. The zero-order valence-electron chi connectivity index (χ0n) is 12.4. The van der Waals surface area contributed by atoms with Crippen LogP contribution in [0.4, 0.5) is 5.82 Å². The summed E-state index contributed by atoms with van der Waals surface area (Å²) in [5, 5.41) is 9.37. The molecule has 2 N–H and O–H groups in total. The predicted octanol–water partition coefficient (Wildman–Crippen LogP) is 4.08. The predicted molar refractivity (Wildman–Crippen MR) is 86.0 cm³/mol. The van der Waals surface area contributed by atoms with Gasteiger partial charge in [0, 0.05) is 11.1 Å². The fraction of sp³-hybridized carbons (Fsp3) is 0.111. The van der Waals surface area contributed by atoms with E-state index in [4.69, 9.17) is 10.2 Å². The topological polar surface area (TPSA) is 75.8 Å². The SMILES string of the molecule is Cc1ccc(-c2cc(-c3ccccc3C)nc(N)c2C#N)o1. The van der Waals surface area contributed by atoms with Crippen molar-refractivity contribution in [2.75, 3.05) is 5.73 Å². The molecule has 0 unspecified atom stereocenters. The number of nitriles is 1. The van der Waals surface area contributed by atoms with Crippen LogP contribution in [-0.4, -0.2) is 4.98 Å². The number of nitrogens with zero attached hydrogens (tertiary/aromatic N) is 2. The molecule has 1 aromatic carbocycles. The van der Waals surface area contributed by atoms with Gasteiger partial charge in [0.1, 0.15) is 29.0 Å². The van der Waals surface area contributed by atoms with E-state index in [0.717, 1.165) is 22.6 Å². The zero-order chi connectivity index (χ0) is 15.7. The molecule has 0 aliphatic carbocycles. The summed E-state index contributed by atoms with van der Waals surface area (Å²) in [7, 11) is 0. The Balaban J connectivity index is 2.26. The number of rotatable bonds is 2. The van der Waals surface area contributed by atoms with Crippen LogP contribution in [0.15, 0.2) is 46.9 Å². The van der Waals surface area contributed by atoms with Gasteiger partial charge in [0.15, 0.2) is 0 Å². The second-order valence-corrected chi connectivity index (χ2v) is 5.15. The van der Waals surface area contributed by atoms with Crippen molar-refractivity contribution in [3.63, 3.8) is 0 Å². The van der Waals surface area contributed by atoms with Gasteiger partial charge in [-0.1, -0.05) is 24.3 Å². The molecular formula is C18H15N3O. The summed E-state index contributed by atoms with van der Waals surface area (Å²) >= 11 is 0. The lowest BCUT2D eigenvalue weighted by Crippen LogP contribution is -2.00. The summed E-state index contributed by atoms with van der Waals surface area (Å²) in [6, 6.07) is 15.6. The fourth-order valence-corrected chi connectivity index (χ4v) is 2.45. The molecule has 0 atom stereocenters. The lowest BCUT2D eigenvalue weighted by Gasteiger charge is -2.10. The Kier molecular flexibility index (Phi) is 3.40. The van der Waals surface area contributed by atoms with Crippen molar-refractivity contribution in [1.29, 1.82) is 5.26 Å². The van der Waals surface area contributed by atoms with Gasteiger partial charge < -0.3 is 10.2 Å². The first-order valence-corrected chi connectivity index (χ1v) is 6.93. The van der Waals surface area contributed by atoms with Crippen molar-refractivity contribution >= 4 is 5.82 Å². The first-order chi connectivity index (χ1) is 10.6. The molecule has 0 fully saturated rings. The molecule has 2 heterocycles. The summed E-state index contributed by atoms with van der Waals surface area (Å²) in [5.41, 5.74) is 9.82. The van der Waals surface area contributed by atoms with Crippen molar-refractivity contribution in [3.05, 3.63) is 59.4 Å². The maximum atomic E-state index is 9.37. The Hall–Kier alpha value is -3.06. The molecular weight excluding hydrogens is 274 g/mol. The third kappa shape index (κ3) is 2.33. The van der Waals surface area contributed by atoms with Crippen molar-refractivity contribution in [1.82, 2.24) is 4.98 Å². The van der Waals surface area contributed by atoms with Crippen LogP contribution in [0.2, 0.25) is 0 Å². The van der Waals surface area contributed by atoms with E-state index in [1.165, 1.54) is 0 Å². The summed E-state index contributed by atoms with van der Waals surface area (Å²) in [6.07, 6.45) is 0. The molecule has 3 rings (SSSR count). The van der Waals surface area contributed by atoms with E-state index in [0.29, 0.717) is 16.9 Å². The van der Waals surface area contributed by atoms with E-state index < -0.39 is 0 Å². The minimum atomic E-state index is 0.215. The van der Waals surface area contributed by atoms with E-state index in [1.807, 2.05) is 56.3 Å². The number of pyridine rings is 1. The third-order valence-electron chi connectivity index (χ3n) is 3.59. The highest BCUT2D eigenvalue weighted by Gasteiger charge is 2.16. The number of hydrogen-bond acceptors (Lipinski definition) is 4. The van der Waals surface area contributed by atoms with Gasteiger partial charge in [0.2, 0.25) is 0 Å². The van der Waals surface area contributed by atoms with Crippen LogP contribution >= 0.6 is 0 Å². The minimum absolute atomic E-state index is 0.215. The Labute approximate surface area is 128 Å². The zero-order valence-corrected chi connectivity index (χ0v) is 12.4. The highest BCUT2D eigenvalue weighted by molar-refractivity contribution is 5.78. The van der Waals surface area contributed by atoms with Gasteiger partial charge in [-0.05, 0) is 37.6 Å². The molecule has 108 valence electrons. The molecule has 0 saturated carbocycles. The fourth-order valence-electron chi connectivity index (χ4n) is 2.45. The van der Waals surface area contributed by atoms with Gasteiger partial charge in [-0.15, -0.1) is 0 Å². The van der Waals surface area contributed by atoms with Gasteiger partial charge in [0.25, 0.3) is 0 Å². The average molecular weight is 289 g/mol. The Morgan fingerprint density at radius 3 is 2.50 bits per heavy atom. The molecule has 22 heavy (non-hydrogen) atoms. The van der Waals surface area contributed by atoms with Crippen LogP contribution in [0.25, 0.3) is 22.6 Å². The van der Waals surface area contributed by atoms with E-state index in [2.05, 4.69) is 11.1 Å². The normalized spacial score (nSPS) is 10.4. The number of hydrogen-bond donors (Lipinski definition) is 1. The standard InChI is InChI=1S/C18H15N3O/c1-11-5-3-4-6-13(11)16-9-14(15(10-19)18(20)21-16)17-8-7-12(2)22-17/h3-9H,1-2H3,(H2,20,21). The maximum absolute atomic E-state index is 9.37. The molecule has 0 aliphatic heterocycles. The molecule has 0 radical (unpaired) electrons. The number of furan rings is 1. The summed E-state index contributed by atoms with van der Waals surface area (Å²) in [5.74, 6) is 1.62. The number of aryl methyl sites for hydroxylation is 2. The molecule has 0 bridgehead atoms. The van der Waals surface area contributed by atoms with E-state index >= 15 is 0 Å². The Morgan fingerprint density at radius 2 is 1.86 bits per heavy atom. The van der Waals surface area contributed by atoms with Crippen LogP contribution in [0, 0.1) is 25.2 Å². The largest absolute Gasteiger partial charge is 0.461 e. The maximum Gasteiger partial charge on any atom is 0.142 e. The van der Waals surface area contributed by atoms with Crippen molar-refractivity contribution < 1.29 is 4.42 Å². The molecule has 4 nitrogen and oxygen atoms in total. The quantitative estimate of drug-likeness (QED) is 0.771. The van der Waals surface area contributed by atoms with Crippen LogP contribution in [-0.2, 0) is 0 Å². The van der Waals surface area contributed by atoms with Crippen LogP contribution in [0.5, 0.6) is 0 Å². The molecule has 0 saturated heterocycles. The van der Waals surface area contributed by atoms with E-state index in [1.54, 1.807) is 0 Å². The highest BCUT2D eigenvalue weighted by atomic mass is 16.3. The molecule has 0 aliphatic rings.